The number of alkyl halides is 3. The lowest BCUT2D eigenvalue weighted by molar-refractivity contribution is -0.388. The molecule has 0 aliphatic rings. The van der Waals surface area contributed by atoms with Gasteiger partial charge >= 0.3 is 19.2 Å². The summed E-state index contributed by atoms with van der Waals surface area (Å²) in [5, 5.41) is 27.9. The molecule has 92 valence electrons. The number of nitro benzene ring substituents is 1. The van der Waals surface area contributed by atoms with E-state index in [1.54, 1.807) is 0 Å². The minimum Gasteiger partial charge on any atom is -0.423 e. The van der Waals surface area contributed by atoms with Gasteiger partial charge in [0, 0.05) is 6.07 Å². The molecule has 17 heavy (non-hydrogen) atoms. The van der Waals surface area contributed by atoms with Crippen LogP contribution in [0, 0.1) is 10.1 Å². The van der Waals surface area contributed by atoms with Gasteiger partial charge in [0.25, 0.3) is 0 Å². The van der Waals surface area contributed by atoms with E-state index >= 15 is 0 Å². The van der Waals surface area contributed by atoms with E-state index in [9.17, 15) is 23.3 Å². The van der Waals surface area contributed by atoms with Crippen LogP contribution in [0.1, 0.15) is 0 Å². The number of hydrogen-bond donors (Lipinski definition) is 2. The fourth-order valence-electron chi connectivity index (χ4n) is 1.05. The van der Waals surface area contributed by atoms with E-state index in [1.807, 2.05) is 0 Å². The van der Waals surface area contributed by atoms with E-state index in [-0.39, 0.29) is 5.46 Å². The maximum absolute atomic E-state index is 11.9. The second-order valence-electron chi connectivity index (χ2n) is 2.91. The minimum atomic E-state index is -5.07. The van der Waals surface area contributed by atoms with Crippen LogP contribution in [0.25, 0.3) is 0 Å². The first-order valence-electron chi connectivity index (χ1n) is 4.11. The van der Waals surface area contributed by atoms with Crippen molar-refractivity contribution in [2.75, 3.05) is 0 Å². The smallest absolute Gasteiger partial charge is 0.423 e. The molecular formula is C7H5BF3NO5. The fraction of sp³-hybridized carbons (Fsp3) is 0.143. The van der Waals surface area contributed by atoms with Crippen molar-refractivity contribution < 1.29 is 32.9 Å². The largest absolute Gasteiger partial charge is 0.573 e. The van der Waals surface area contributed by atoms with Crippen molar-refractivity contribution in [3.05, 3.63) is 28.3 Å². The number of hydrogen-bond acceptors (Lipinski definition) is 5. The summed E-state index contributed by atoms with van der Waals surface area (Å²) in [4.78, 5) is 9.36. The highest BCUT2D eigenvalue weighted by atomic mass is 19.4. The van der Waals surface area contributed by atoms with Gasteiger partial charge in [-0.1, -0.05) is 6.07 Å². The molecule has 0 aliphatic carbocycles. The SMILES string of the molecule is O=[N+]([O-])c1cc(B(O)O)ccc1OC(F)(F)F. The molecule has 6 nitrogen and oxygen atoms in total. The van der Waals surface area contributed by atoms with Crippen molar-refractivity contribution in [2.45, 2.75) is 6.36 Å². The normalized spacial score (nSPS) is 11.1. The Morgan fingerprint density at radius 1 is 1.35 bits per heavy atom. The summed E-state index contributed by atoms with van der Waals surface area (Å²) in [6.07, 6.45) is -5.07. The Hall–Kier alpha value is -1.81. The third-order valence-corrected chi connectivity index (χ3v) is 1.70. The zero-order valence-corrected chi connectivity index (χ0v) is 8.01. The van der Waals surface area contributed by atoms with Crippen LogP contribution in [0.4, 0.5) is 18.9 Å². The van der Waals surface area contributed by atoms with E-state index in [4.69, 9.17) is 10.0 Å². The average Bonchev–Trinajstić information content (AvgIpc) is 2.14. The highest BCUT2D eigenvalue weighted by Crippen LogP contribution is 2.30. The second kappa shape index (κ2) is 4.59. The first-order valence-corrected chi connectivity index (χ1v) is 4.11. The average molecular weight is 251 g/mol. The van der Waals surface area contributed by atoms with Gasteiger partial charge in [0.1, 0.15) is 0 Å². The molecule has 0 atom stereocenters. The molecule has 0 unspecified atom stereocenters. The first-order chi connectivity index (χ1) is 7.70. The molecule has 10 heteroatoms. The number of nitro groups is 1. The molecule has 0 aromatic heterocycles. The number of nitrogens with zero attached hydrogens (tertiary/aromatic N) is 1. The Morgan fingerprint density at radius 3 is 2.35 bits per heavy atom. The van der Waals surface area contributed by atoms with Crippen molar-refractivity contribution in [3.8, 4) is 5.75 Å². The van der Waals surface area contributed by atoms with Gasteiger partial charge < -0.3 is 14.8 Å². The molecule has 0 saturated carbocycles. The van der Waals surface area contributed by atoms with Crippen LogP contribution in [0.2, 0.25) is 0 Å². The fourth-order valence-corrected chi connectivity index (χ4v) is 1.05. The molecule has 0 saturated heterocycles. The van der Waals surface area contributed by atoms with Crippen LogP contribution in [0.3, 0.4) is 0 Å². The highest BCUT2D eigenvalue weighted by Gasteiger charge is 2.34. The number of rotatable bonds is 3. The third-order valence-electron chi connectivity index (χ3n) is 1.70. The maximum Gasteiger partial charge on any atom is 0.573 e. The predicted octanol–water partition coefficient (Wildman–Crippen LogP) is 0.173. The Morgan fingerprint density at radius 2 is 1.94 bits per heavy atom. The van der Waals surface area contributed by atoms with Gasteiger partial charge in [-0.3, -0.25) is 10.1 Å². The van der Waals surface area contributed by atoms with Crippen molar-refractivity contribution >= 4 is 18.3 Å². The Balaban J connectivity index is 3.18. The molecule has 0 amide bonds. The predicted molar refractivity (Wildman–Crippen MR) is 49.6 cm³/mol. The number of halogens is 3. The summed E-state index contributed by atoms with van der Waals surface area (Å²) in [5.41, 5.74) is -1.32. The van der Waals surface area contributed by atoms with Crippen LogP contribution < -0.4 is 10.2 Å². The molecule has 0 aliphatic heterocycles. The van der Waals surface area contributed by atoms with Gasteiger partial charge in [-0.25, -0.2) is 0 Å². The monoisotopic (exact) mass is 251 g/mol. The zero-order chi connectivity index (χ0) is 13.2. The molecule has 0 spiro atoms. The van der Waals surface area contributed by atoms with E-state index in [2.05, 4.69) is 4.74 Å². The third kappa shape index (κ3) is 3.61. The van der Waals surface area contributed by atoms with E-state index in [1.165, 1.54) is 0 Å². The minimum absolute atomic E-state index is 0.314. The van der Waals surface area contributed by atoms with Crippen LogP contribution in [0.5, 0.6) is 5.75 Å². The first kappa shape index (κ1) is 13.3. The maximum atomic E-state index is 11.9. The van der Waals surface area contributed by atoms with Crippen molar-refractivity contribution in [1.82, 2.24) is 0 Å². The van der Waals surface area contributed by atoms with Crippen LogP contribution in [-0.4, -0.2) is 28.5 Å². The standard InChI is InChI=1S/C7H5BF3NO5/c9-7(10,11)17-6-2-1-4(8(13)14)3-5(6)12(15)16/h1-3,13-14H. The van der Waals surface area contributed by atoms with Gasteiger partial charge in [-0.05, 0) is 11.5 Å². The van der Waals surface area contributed by atoms with Gasteiger partial charge in [0.2, 0.25) is 5.75 Å². The molecular weight excluding hydrogens is 246 g/mol. The van der Waals surface area contributed by atoms with Crippen LogP contribution in [0.15, 0.2) is 18.2 Å². The quantitative estimate of drug-likeness (QED) is 0.453. The molecule has 1 aromatic carbocycles. The molecule has 0 fully saturated rings. The molecule has 1 rings (SSSR count). The van der Waals surface area contributed by atoms with Crippen molar-refractivity contribution in [2.24, 2.45) is 0 Å². The lowest BCUT2D eigenvalue weighted by Crippen LogP contribution is -2.30. The molecule has 0 bridgehead atoms. The Kier molecular flexibility index (Phi) is 3.58. The van der Waals surface area contributed by atoms with E-state index in [0.29, 0.717) is 12.1 Å². The molecule has 2 N–H and O–H groups in total. The molecule has 0 radical (unpaired) electrons. The van der Waals surface area contributed by atoms with Crippen molar-refractivity contribution in [1.29, 1.82) is 0 Å². The number of benzene rings is 1. The van der Waals surface area contributed by atoms with Crippen molar-refractivity contribution in [3.63, 3.8) is 0 Å². The van der Waals surface area contributed by atoms with E-state index < -0.39 is 29.8 Å². The Bertz CT molecular complexity index is 436. The number of ether oxygens (including phenoxy) is 1. The second-order valence-corrected chi connectivity index (χ2v) is 2.91. The van der Waals surface area contributed by atoms with Gasteiger partial charge in [-0.15, -0.1) is 13.2 Å². The van der Waals surface area contributed by atoms with Gasteiger partial charge in [0.15, 0.2) is 0 Å². The van der Waals surface area contributed by atoms with E-state index in [0.717, 1.165) is 6.07 Å². The summed E-state index contributed by atoms with van der Waals surface area (Å²) in [7, 11) is -2.02. The van der Waals surface area contributed by atoms with Crippen LogP contribution >= 0.6 is 0 Å². The summed E-state index contributed by atoms with van der Waals surface area (Å²) in [6.45, 7) is 0. The van der Waals surface area contributed by atoms with Gasteiger partial charge in [-0.2, -0.15) is 0 Å². The molecule has 1 aromatic rings. The Labute approximate surface area is 92.5 Å². The molecule has 0 heterocycles. The summed E-state index contributed by atoms with van der Waals surface area (Å²) >= 11 is 0. The van der Waals surface area contributed by atoms with Gasteiger partial charge in [0.05, 0.1) is 4.92 Å². The highest BCUT2D eigenvalue weighted by molar-refractivity contribution is 6.58. The topological polar surface area (TPSA) is 92.8 Å². The lowest BCUT2D eigenvalue weighted by atomic mass is 9.80. The zero-order valence-electron chi connectivity index (χ0n) is 8.01. The summed E-state index contributed by atoms with van der Waals surface area (Å²) < 4.78 is 39.1. The summed E-state index contributed by atoms with van der Waals surface area (Å²) in [5.74, 6) is -1.02. The van der Waals surface area contributed by atoms with Crippen LogP contribution in [-0.2, 0) is 0 Å². The summed E-state index contributed by atoms with van der Waals surface area (Å²) in [6, 6.07) is 2.10. The lowest BCUT2D eigenvalue weighted by Gasteiger charge is -2.09.